The van der Waals surface area contributed by atoms with Gasteiger partial charge < -0.3 is 15.4 Å². The summed E-state index contributed by atoms with van der Waals surface area (Å²) >= 11 is 0. The molecule has 0 radical (unpaired) electrons. The number of hydrogen-bond donors (Lipinski definition) is 2. The minimum absolute atomic E-state index is 0. The summed E-state index contributed by atoms with van der Waals surface area (Å²) in [4.78, 5) is 6.16. The van der Waals surface area contributed by atoms with E-state index in [0.29, 0.717) is 38.7 Å². The van der Waals surface area contributed by atoms with Gasteiger partial charge in [-0.25, -0.2) is 13.1 Å². The second kappa shape index (κ2) is 8.88. The van der Waals surface area contributed by atoms with Crippen molar-refractivity contribution in [3.8, 4) is 0 Å². The summed E-state index contributed by atoms with van der Waals surface area (Å²) in [7, 11) is -3.10. The molecule has 1 aliphatic rings. The number of nitrogens with one attached hydrogen (secondary N) is 1. The maximum absolute atomic E-state index is 10.8. The van der Waals surface area contributed by atoms with Gasteiger partial charge in [-0.2, -0.15) is 0 Å². The first kappa shape index (κ1) is 17.9. The quantitative estimate of drug-likeness (QED) is 0.276. The summed E-state index contributed by atoms with van der Waals surface area (Å²) in [6.07, 6.45) is 1.77. The monoisotopic (exact) mass is 392 g/mol. The first-order valence-electron chi connectivity index (χ1n) is 5.56. The van der Waals surface area contributed by atoms with E-state index in [1.165, 1.54) is 0 Å². The molecule has 1 heterocycles. The van der Waals surface area contributed by atoms with Gasteiger partial charge >= 0.3 is 0 Å². The Morgan fingerprint density at radius 1 is 1.44 bits per heavy atom. The Morgan fingerprint density at radius 2 is 2.06 bits per heavy atom. The van der Waals surface area contributed by atoms with Crippen LogP contribution in [0.4, 0.5) is 0 Å². The van der Waals surface area contributed by atoms with Gasteiger partial charge in [-0.05, 0) is 6.42 Å². The van der Waals surface area contributed by atoms with Gasteiger partial charge in [-0.15, -0.1) is 24.0 Å². The highest BCUT2D eigenvalue weighted by Crippen LogP contribution is 1.96. The molecule has 1 saturated heterocycles. The Kier molecular flexibility index (Phi) is 8.82. The molecule has 0 aromatic carbocycles. The van der Waals surface area contributed by atoms with Crippen LogP contribution in [0.25, 0.3) is 0 Å². The third-order valence-electron chi connectivity index (χ3n) is 2.31. The van der Waals surface area contributed by atoms with Crippen LogP contribution in [0.3, 0.4) is 0 Å². The fourth-order valence-electron chi connectivity index (χ4n) is 1.42. The molecule has 3 N–H and O–H groups in total. The lowest BCUT2D eigenvalue weighted by Gasteiger charge is -2.27. The highest BCUT2D eigenvalue weighted by atomic mass is 127. The predicted octanol–water partition coefficient (Wildman–Crippen LogP) is -0.809. The van der Waals surface area contributed by atoms with E-state index in [1.807, 2.05) is 4.90 Å². The molecule has 0 amide bonds. The molecule has 1 fully saturated rings. The minimum atomic E-state index is -3.10. The molecule has 1 rings (SSSR count). The number of rotatable bonds is 5. The van der Waals surface area contributed by atoms with Crippen molar-refractivity contribution >= 4 is 40.0 Å². The van der Waals surface area contributed by atoms with Gasteiger partial charge in [-0.3, -0.25) is 4.99 Å². The van der Waals surface area contributed by atoms with E-state index in [9.17, 15) is 8.42 Å². The van der Waals surface area contributed by atoms with E-state index in [0.717, 1.165) is 19.3 Å². The van der Waals surface area contributed by atoms with Crippen LogP contribution in [-0.2, 0) is 14.8 Å². The van der Waals surface area contributed by atoms with Crippen molar-refractivity contribution < 1.29 is 13.2 Å². The molecule has 1 aliphatic heterocycles. The summed E-state index contributed by atoms with van der Waals surface area (Å²) in [5.41, 5.74) is 5.80. The van der Waals surface area contributed by atoms with Crippen molar-refractivity contribution in [1.29, 1.82) is 0 Å². The Bertz CT molecular complexity index is 355. The largest absolute Gasteiger partial charge is 0.378 e. The normalized spacial score (nSPS) is 17.4. The molecule has 0 aromatic rings. The van der Waals surface area contributed by atoms with Gasteiger partial charge in [0.1, 0.15) is 0 Å². The molecule has 7 nitrogen and oxygen atoms in total. The molecule has 0 bridgehead atoms. The van der Waals surface area contributed by atoms with Gasteiger partial charge in [0.05, 0.1) is 19.5 Å². The Morgan fingerprint density at radius 3 is 2.61 bits per heavy atom. The van der Waals surface area contributed by atoms with Crippen LogP contribution in [0.2, 0.25) is 0 Å². The van der Waals surface area contributed by atoms with Gasteiger partial charge in [-0.1, -0.05) is 0 Å². The minimum Gasteiger partial charge on any atom is -0.378 e. The first-order chi connectivity index (χ1) is 7.99. The van der Waals surface area contributed by atoms with Gasteiger partial charge in [0.25, 0.3) is 0 Å². The Balaban J connectivity index is 0.00000289. The van der Waals surface area contributed by atoms with Crippen molar-refractivity contribution in [1.82, 2.24) is 9.62 Å². The number of ether oxygens (including phenoxy) is 1. The van der Waals surface area contributed by atoms with Gasteiger partial charge in [0.2, 0.25) is 10.0 Å². The maximum atomic E-state index is 10.8. The van der Waals surface area contributed by atoms with Crippen LogP contribution in [0.5, 0.6) is 0 Å². The van der Waals surface area contributed by atoms with Crippen LogP contribution >= 0.6 is 24.0 Å². The Hall–Kier alpha value is -0.130. The lowest BCUT2D eigenvalue weighted by atomic mass is 10.4. The number of nitrogens with zero attached hydrogens (tertiary/aromatic N) is 2. The van der Waals surface area contributed by atoms with Crippen LogP contribution in [0.15, 0.2) is 4.99 Å². The zero-order chi connectivity index (χ0) is 12.7. The van der Waals surface area contributed by atoms with Gasteiger partial charge in [0.15, 0.2) is 5.96 Å². The number of morpholine rings is 1. The fraction of sp³-hybridized carbons (Fsp3) is 0.889. The van der Waals surface area contributed by atoms with Crippen molar-refractivity contribution in [2.75, 3.05) is 45.6 Å². The average molecular weight is 392 g/mol. The molecule has 0 unspecified atom stereocenters. The molecule has 0 saturated carbocycles. The number of halogens is 1. The summed E-state index contributed by atoms with van der Waals surface area (Å²) in [6, 6.07) is 0. The van der Waals surface area contributed by atoms with E-state index in [1.54, 1.807) is 0 Å². The van der Waals surface area contributed by atoms with Crippen molar-refractivity contribution in [3.05, 3.63) is 0 Å². The van der Waals surface area contributed by atoms with Crippen molar-refractivity contribution in [2.24, 2.45) is 10.7 Å². The molecular formula is C9H21IN4O3S. The third kappa shape index (κ3) is 8.06. The average Bonchev–Trinajstić information content (AvgIpc) is 2.28. The standard InChI is InChI=1S/C9H20N4O3S.HI/c1-17(14,15)12-4-2-3-11-9(10)13-5-7-16-8-6-13;/h12H,2-8H2,1H3,(H2,10,11);1H. The van der Waals surface area contributed by atoms with E-state index >= 15 is 0 Å². The van der Waals surface area contributed by atoms with Crippen LogP contribution in [-0.4, -0.2) is 64.9 Å². The lowest BCUT2D eigenvalue weighted by Crippen LogP contribution is -2.44. The molecule has 0 spiro atoms. The first-order valence-corrected chi connectivity index (χ1v) is 7.45. The lowest BCUT2D eigenvalue weighted by molar-refractivity contribution is 0.0674. The number of nitrogens with two attached hydrogens (primary N) is 1. The van der Waals surface area contributed by atoms with Crippen molar-refractivity contribution in [3.63, 3.8) is 0 Å². The van der Waals surface area contributed by atoms with E-state index in [4.69, 9.17) is 10.5 Å². The van der Waals surface area contributed by atoms with E-state index in [-0.39, 0.29) is 24.0 Å². The molecule has 9 heteroatoms. The molecule has 0 aromatic heterocycles. The summed E-state index contributed by atoms with van der Waals surface area (Å²) in [6.45, 7) is 3.77. The predicted molar refractivity (Wildman–Crippen MR) is 81.8 cm³/mol. The van der Waals surface area contributed by atoms with Crippen LogP contribution < -0.4 is 10.5 Å². The van der Waals surface area contributed by atoms with E-state index < -0.39 is 10.0 Å². The number of sulfonamides is 1. The second-order valence-corrected chi connectivity index (χ2v) is 5.69. The zero-order valence-corrected chi connectivity index (χ0v) is 13.6. The summed E-state index contributed by atoms with van der Waals surface area (Å²) in [5, 5.41) is 0. The number of hydrogen-bond acceptors (Lipinski definition) is 4. The number of aliphatic imine (C=N–C) groups is 1. The molecule has 0 atom stereocenters. The summed E-state index contributed by atoms with van der Waals surface area (Å²) < 4.78 is 29.2. The zero-order valence-electron chi connectivity index (χ0n) is 10.5. The maximum Gasteiger partial charge on any atom is 0.208 e. The second-order valence-electron chi connectivity index (χ2n) is 3.86. The molecular weight excluding hydrogens is 371 g/mol. The fourth-order valence-corrected chi connectivity index (χ4v) is 1.94. The Labute approximate surface area is 125 Å². The highest BCUT2D eigenvalue weighted by Gasteiger charge is 2.11. The number of guanidine groups is 1. The van der Waals surface area contributed by atoms with Crippen LogP contribution in [0.1, 0.15) is 6.42 Å². The molecule has 0 aliphatic carbocycles. The SMILES string of the molecule is CS(=O)(=O)NCCCN=C(N)N1CCOCC1.I. The molecule has 108 valence electrons. The smallest absolute Gasteiger partial charge is 0.208 e. The van der Waals surface area contributed by atoms with E-state index in [2.05, 4.69) is 9.71 Å². The summed E-state index contributed by atoms with van der Waals surface area (Å²) in [5.74, 6) is 0.507. The highest BCUT2D eigenvalue weighted by molar-refractivity contribution is 14.0. The van der Waals surface area contributed by atoms with Crippen molar-refractivity contribution in [2.45, 2.75) is 6.42 Å². The van der Waals surface area contributed by atoms with Gasteiger partial charge in [0, 0.05) is 26.2 Å². The topological polar surface area (TPSA) is 97.0 Å². The molecule has 18 heavy (non-hydrogen) atoms. The van der Waals surface area contributed by atoms with Crippen LogP contribution in [0, 0.1) is 0 Å². The third-order valence-corrected chi connectivity index (χ3v) is 3.04.